The molecular formula is C21H33ClPPd+. The van der Waals surface area contributed by atoms with Crippen molar-refractivity contribution in [2.75, 3.05) is 0 Å². The standard InChI is InChI=1S/C21H33P.ClH.Pd/c1-3-18-14-16-21(17-15-18)22(2,19-10-6-4-7-11-19)20-12-8-5-9-13-20;;/h14-17,19-20H,2-13H2,1H3;1H;/q;;+2/p-1. The Kier molecular flexibility index (Phi) is 9.30. The van der Waals surface area contributed by atoms with E-state index < -0.39 is 7.26 Å². The molecule has 0 radical (unpaired) electrons. The Morgan fingerprint density at radius 3 is 1.67 bits per heavy atom. The van der Waals surface area contributed by atoms with Crippen LogP contribution < -0.4 is 5.30 Å². The van der Waals surface area contributed by atoms with Crippen LogP contribution >= 0.6 is 16.8 Å². The van der Waals surface area contributed by atoms with E-state index in [1.807, 2.05) is 0 Å². The molecule has 24 heavy (non-hydrogen) atoms. The summed E-state index contributed by atoms with van der Waals surface area (Å²) in [7, 11) is 3.24. The Hall–Kier alpha value is 0.602. The van der Waals surface area contributed by atoms with E-state index in [4.69, 9.17) is 6.66 Å². The van der Waals surface area contributed by atoms with Crippen LogP contribution in [0.3, 0.4) is 0 Å². The zero-order chi connectivity index (χ0) is 17.4. The molecule has 0 N–H and O–H groups in total. The number of rotatable bonds is 4. The van der Waals surface area contributed by atoms with Gasteiger partial charge in [-0.2, -0.15) is 6.66 Å². The van der Waals surface area contributed by atoms with Gasteiger partial charge in [0.15, 0.2) is 0 Å². The molecule has 0 atom stereocenters. The van der Waals surface area contributed by atoms with Crippen LogP contribution in [-0.4, -0.2) is 11.3 Å². The molecule has 3 heteroatoms. The molecule has 2 aliphatic rings. The first kappa shape index (κ1) is 20.9. The van der Waals surface area contributed by atoms with Gasteiger partial charge in [0.1, 0.15) is 0 Å². The average Bonchev–Trinajstić information content (AvgIpc) is 2.70. The molecule has 138 valence electrons. The van der Waals surface area contributed by atoms with Gasteiger partial charge in [0, 0.05) is 11.3 Å². The van der Waals surface area contributed by atoms with Crippen LogP contribution in [0.4, 0.5) is 0 Å². The Bertz CT molecular complexity index is 443. The van der Waals surface area contributed by atoms with Crippen molar-refractivity contribution in [2.24, 2.45) is 0 Å². The van der Waals surface area contributed by atoms with Gasteiger partial charge in [-0.25, -0.2) is 0 Å². The van der Waals surface area contributed by atoms with Crippen molar-refractivity contribution in [3.63, 3.8) is 0 Å². The Morgan fingerprint density at radius 2 is 1.29 bits per heavy atom. The fourth-order valence-electron chi connectivity index (χ4n) is 4.81. The van der Waals surface area contributed by atoms with Gasteiger partial charge in [0.25, 0.3) is 0 Å². The van der Waals surface area contributed by atoms with Crippen molar-refractivity contribution in [3.8, 4) is 0 Å². The molecule has 1 aromatic carbocycles. The third kappa shape index (κ3) is 4.86. The molecule has 1 aromatic rings. The van der Waals surface area contributed by atoms with Crippen molar-refractivity contribution >= 4 is 22.1 Å². The summed E-state index contributed by atoms with van der Waals surface area (Å²) >= 11 is 2.22. The van der Waals surface area contributed by atoms with Crippen molar-refractivity contribution < 1.29 is 18.2 Å². The first-order valence-corrected chi connectivity index (χ1v) is 13.8. The third-order valence-electron chi connectivity index (χ3n) is 6.28. The average molecular weight is 458 g/mol. The summed E-state index contributed by atoms with van der Waals surface area (Å²) in [6.45, 7) is 7.31. The number of aryl methyl sites for hydroxylation is 1. The summed E-state index contributed by atoms with van der Waals surface area (Å²) in [6.07, 6.45) is 15.6. The van der Waals surface area contributed by atoms with Crippen molar-refractivity contribution in [3.05, 3.63) is 36.5 Å². The second-order valence-electron chi connectivity index (χ2n) is 7.53. The SMILES string of the molecule is [CH2-][P+](c1ccc(CC)cc1)(C1CCCCC1)C1CCCCC1.[Cl][Pd+]. The summed E-state index contributed by atoms with van der Waals surface area (Å²) in [5, 5.41) is 1.64. The number of hydrogen-bond donors (Lipinski definition) is 0. The topological polar surface area (TPSA) is 0 Å². The van der Waals surface area contributed by atoms with Crippen molar-refractivity contribution in [1.82, 2.24) is 0 Å². The summed E-state index contributed by atoms with van der Waals surface area (Å²) in [5.74, 6) is 0. The minimum atomic E-state index is -1.25. The molecule has 2 aliphatic carbocycles. The molecule has 0 aromatic heterocycles. The first-order chi connectivity index (χ1) is 11.7. The van der Waals surface area contributed by atoms with Gasteiger partial charge >= 0.3 is 27.7 Å². The molecule has 0 unspecified atom stereocenters. The summed E-state index contributed by atoms with van der Waals surface area (Å²) in [6, 6.07) is 9.67. The number of hydrogen-bond acceptors (Lipinski definition) is 0. The van der Waals surface area contributed by atoms with Gasteiger partial charge in [-0.15, -0.1) is 0 Å². The van der Waals surface area contributed by atoms with Crippen LogP contribution in [0.2, 0.25) is 0 Å². The molecule has 3 rings (SSSR count). The van der Waals surface area contributed by atoms with Gasteiger partial charge < -0.3 is 0 Å². The molecule has 0 aliphatic heterocycles. The Morgan fingerprint density at radius 1 is 0.875 bits per heavy atom. The Labute approximate surface area is 165 Å². The second-order valence-corrected chi connectivity index (χ2v) is 11.4. The van der Waals surface area contributed by atoms with Gasteiger partial charge in [0.05, 0.1) is 5.30 Å². The molecular weight excluding hydrogens is 425 g/mol. The zero-order valence-corrected chi connectivity index (χ0v) is 18.3. The molecule has 0 bridgehead atoms. The molecule has 0 heterocycles. The molecule has 0 spiro atoms. The number of benzene rings is 1. The van der Waals surface area contributed by atoms with E-state index in [2.05, 4.69) is 58.9 Å². The van der Waals surface area contributed by atoms with Gasteiger partial charge in [0.2, 0.25) is 0 Å². The molecule has 2 fully saturated rings. The van der Waals surface area contributed by atoms with Crippen molar-refractivity contribution in [2.45, 2.75) is 88.9 Å². The van der Waals surface area contributed by atoms with E-state index in [9.17, 15) is 0 Å². The van der Waals surface area contributed by atoms with E-state index in [0.29, 0.717) is 0 Å². The summed E-state index contributed by atoms with van der Waals surface area (Å²) < 4.78 is 0. The van der Waals surface area contributed by atoms with Crippen LogP contribution in [0.5, 0.6) is 0 Å². The van der Waals surface area contributed by atoms with Crippen LogP contribution in [0.15, 0.2) is 24.3 Å². The summed E-state index contributed by atoms with van der Waals surface area (Å²) in [4.78, 5) is 0. The molecule has 0 amide bonds. The van der Waals surface area contributed by atoms with Gasteiger partial charge in [-0.3, -0.25) is 0 Å². The summed E-state index contributed by atoms with van der Waals surface area (Å²) in [5.41, 5.74) is 3.30. The molecule has 2 saturated carbocycles. The quantitative estimate of drug-likeness (QED) is 0.258. The van der Waals surface area contributed by atoms with Crippen LogP contribution in [0.25, 0.3) is 0 Å². The zero-order valence-electron chi connectivity index (χ0n) is 15.1. The predicted octanol–water partition coefficient (Wildman–Crippen LogP) is 7.04. The first-order valence-electron chi connectivity index (χ1n) is 9.69. The fourth-order valence-corrected chi connectivity index (χ4v) is 9.53. The van der Waals surface area contributed by atoms with Crippen LogP contribution in [-0.2, 0) is 24.6 Å². The number of halogens is 1. The van der Waals surface area contributed by atoms with Crippen molar-refractivity contribution in [1.29, 1.82) is 0 Å². The van der Waals surface area contributed by atoms with E-state index in [1.54, 1.807) is 5.30 Å². The van der Waals surface area contributed by atoms with Gasteiger partial charge in [-0.05, 0) is 75.5 Å². The maximum absolute atomic E-state index is 5.05. The monoisotopic (exact) mass is 457 g/mol. The van der Waals surface area contributed by atoms with E-state index in [-0.39, 0.29) is 0 Å². The third-order valence-corrected chi connectivity index (χ3v) is 11.2. The van der Waals surface area contributed by atoms with Crippen LogP contribution in [0, 0.1) is 6.66 Å². The Balaban J connectivity index is 0.00000100. The van der Waals surface area contributed by atoms with E-state index in [0.717, 1.165) is 17.7 Å². The molecule has 0 nitrogen and oxygen atoms in total. The van der Waals surface area contributed by atoms with Gasteiger partial charge in [-0.1, -0.05) is 39.2 Å². The van der Waals surface area contributed by atoms with E-state index >= 15 is 0 Å². The maximum atomic E-state index is 5.05. The fraction of sp³-hybridized carbons (Fsp3) is 0.667. The molecule has 0 saturated heterocycles. The second kappa shape index (κ2) is 10.7. The van der Waals surface area contributed by atoms with E-state index in [1.165, 1.54) is 69.8 Å². The normalized spacial score (nSPS) is 20.4. The van der Waals surface area contributed by atoms with Crippen LogP contribution in [0.1, 0.15) is 76.7 Å². The minimum absolute atomic E-state index is 0.914. The predicted molar refractivity (Wildman–Crippen MR) is 107 cm³/mol.